The molecule has 1 amide bonds. The smallest absolute Gasteiger partial charge is 0.243 e. The molecule has 0 saturated carbocycles. The molecule has 2 saturated heterocycles. The van der Waals surface area contributed by atoms with E-state index in [2.05, 4.69) is 0 Å². The number of sulfonamides is 1. The average molecular weight is 338 g/mol. The molecule has 6 nitrogen and oxygen atoms in total. The largest absolute Gasteiger partial charge is 0.381 e. The second-order valence-corrected chi connectivity index (χ2v) is 8.20. The molecule has 7 heteroatoms. The lowest BCUT2D eigenvalue weighted by atomic mass is 9.68. The van der Waals surface area contributed by atoms with Crippen molar-refractivity contribution in [3.05, 3.63) is 30.3 Å². The Morgan fingerprint density at radius 2 is 1.83 bits per heavy atom. The van der Waals surface area contributed by atoms with Gasteiger partial charge < -0.3 is 10.5 Å². The van der Waals surface area contributed by atoms with Gasteiger partial charge in [-0.1, -0.05) is 18.2 Å². The first-order valence-corrected chi connectivity index (χ1v) is 9.35. The second kappa shape index (κ2) is 6.22. The van der Waals surface area contributed by atoms with Crippen LogP contribution >= 0.6 is 0 Å². The molecule has 1 aromatic rings. The quantitative estimate of drug-likeness (QED) is 0.894. The molecule has 1 unspecified atom stereocenters. The highest BCUT2D eigenvalue weighted by Crippen LogP contribution is 2.45. The number of ether oxygens (including phenoxy) is 1. The van der Waals surface area contributed by atoms with Crippen LogP contribution in [0.25, 0.3) is 0 Å². The molecule has 126 valence electrons. The van der Waals surface area contributed by atoms with Gasteiger partial charge >= 0.3 is 0 Å². The summed E-state index contributed by atoms with van der Waals surface area (Å²) in [6, 6.07) is 7.43. The summed E-state index contributed by atoms with van der Waals surface area (Å²) < 4.78 is 32.8. The van der Waals surface area contributed by atoms with Crippen molar-refractivity contribution < 1.29 is 17.9 Å². The number of rotatable bonds is 3. The first kappa shape index (κ1) is 16.4. The highest BCUT2D eigenvalue weighted by atomic mass is 32.2. The number of carbonyl (C=O) groups is 1. The topological polar surface area (TPSA) is 89.7 Å². The number of benzene rings is 1. The maximum atomic E-state index is 13.0. The molecule has 2 fully saturated rings. The zero-order valence-electron chi connectivity index (χ0n) is 13.0. The fourth-order valence-corrected chi connectivity index (χ4v) is 5.64. The Morgan fingerprint density at radius 1 is 1.17 bits per heavy atom. The van der Waals surface area contributed by atoms with Crippen molar-refractivity contribution in [3.63, 3.8) is 0 Å². The fourth-order valence-electron chi connectivity index (χ4n) is 3.89. The summed E-state index contributed by atoms with van der Waals surface area (Å²) in [5, 5.41) is 0. The van der Waals surface area contributed by atoms with Crippen LogP contribution < -0.4 is 5.73 Å². The molecule has 2 heterocycles. The summed E-state index contributed by atoms with van der Waals surface area (Å²) in [4.78, 5) is 12.4. The molecule has 1 spiro atoms. The molecule has 2 aliphatic rings. The van der Waals surface area contributed by atoms with Gasteiger partial charge in [0.15, 0.2) is 0 Å². The lowest BCUT2D eigenvalue weighted by Gasteiger charge is -2.49. The Hall–Kier alpha value is -1.44. The van der Waals surface area contributed by atoms with E-state index in [9.17, 15) is 13.2 Å². The monoisotopic (exact) mass is 338 g/mol. The lowest BCUT2D eigenvalue weighted by molar-refractivity contribution is -0.132. The van der Waals surface area contributed by atoms with Crippen LogP contribution in [-0.2, 0) is 19.6 Å². The van der Waals surface area contributed by atoms with Crippen LogP contribution in [0, 0.1) is 5.41 Å². The van der Waals surface area contributed by atoms with Crippen molar-refractivity contribution >= 4 is 15.9 Å². The van der Waals surface area contributed by atoms with Crippen LogP contribution in [0.4, 0.5) is 0 Å². The molecule has 0 aliphatic carbocycles. The van der Waals surface area contributed by atoms with Crippen LogP contribution in [0.2, 0.25) is 0 Å². The van der Waals surface area contributed by atoms with Gasteiger partial charge in [-0.2, -0.15) is 4.31 Å². The number of amides is 1. The minimum Gasteiger partial charge on any atom is -0.381 e. The van der Waals surface area contributed by atoms with E-state index in [1.807, 2.05) is 0 Å². The molecule has 1 aromatic carbocycles. The van der Waals surface area contributed by atoms with Gasteiger partial charge in [0.25, 0.3) is 0 Å². The van der Waals surface area contributed by atoms with Crippen molar-refractivity contribution in [2.75, 3.05) is 19.8 Å². The molecule has 3 rings (SSSR count). The van der Waals surface area contributed by atoms with Crippen molar-refractivity contribution in [3.8, 4) is 0 Å². The normalized spacial score (nSPS) is 25.3. The maximum Gasteiger partial charge on any atom is 0.243 e. The Morgan fingerprint density at radius 3 is 2.43 bits per heavy atom. The number of primary amides is 1. The minimum absolute atomic E-state index is 0.204. The zero-order valence-corrected chi connectivity index (χ0v) is 13.8. The van der Waals surface area contributed by atoms with Crippen LogP contribution in [0.5, 0.6) is 0 Å². The molecule has 0 bridgehead atoms. The van der Waals surface area contributed by atoms with Gasteiger partial charge in [-0.3, -0.25) is 4.79 Å². The van der Waals surface area contributed by atoms with E-state index in [-0.39, 0.29) is 4.90 Å². The number of nitrogens with two attached hydrogens (primary N) is 1. The van der Waals surface area contributed by atoms with Gasteiger partial charge in [-0.25, -0.2) is 8.42 Å². The maximum absolute atomic E-state index is 13.0. The van der Waals surface area contributed by atoms with Gasteiger partial charge in [-0.15, -0.1) is 0 Å². The summed E-state index contributed by atoms with van der Waals surface area (Å²) in [5.74, 6) is -0.564. The predicted octanol–water partition coefficient (Wildman–Crippen LogP) is 1.12. The van der Waals surface area contributed by atoms with E-state index in [1.165, 1.54) is 4.31 Å². The SMILES string of the molecule is NC(=O)C1N(S(=O)(=O)c2ccccc2)CCCC12CCOCC2. The van der Waals surface area contributed by atoms with Gasteiger partial charge in [0.1, 0.15) is 6.04 Å². The number of piperidine rings is 1. The predicted molar refractivity (Wildman–Crippen MR) is 85.0 cm³/mol. The minimum atomic E-state index is -3.74. The lowest BCUT2D eigenvalue weighted by Crippen LogP contribution is -2.61. The van der Waals surface area contributed by atoms with Crippen LogP contribution in [-0.4, -0.2) is 44.4 Å². The van der Waals surface area contributed by atoms with Crippen LogP contribution in [0.3, 0.4) is 0 Å². The van der Waals surface area contributed by atoms with Crippen molar-refractivity contribution in [1.82, 2.24) is 4.31 Å². The van der Waals surface area contributed by atoms with E-state index in [0.717, 1.165) is 12.8 Å². The number of hydrogen-bond acceptors (Lipinski definition) is 4. The Balaban J connectivity index is 2.02. The zero-order chi connectivity index (χ0) is 16.5. The molecular formula is C16H22N2O4S. The third-order valence-electron chi connectivity index (χ3n) is 5.03. The molecule has 2 N–H and O–H groups in total. The molecule has 1 atom stereocenters. The summed E-state index contributed by atoms with van der Waals surface area (Å²) in [7, 11) is -3.74. The number of carbonyl (C=O) groups excluding carboxylic acids is 1. The van der Waals surface area contributed by atoms with E-state index >= 15 is 0 Å². The van der Waals surface area contributed by atoms with Crippen molar-refractivity contribution in [2.45, 2.75) is 36.6 Å². The summed E-state index contributed by atoms with van der Waals surface area (Å²) in [6.07, 6.45) is 2.88. The van der Waals surface area contributed by atoms with Gasteiger partial charge in [0.05, 0.1) is 4.90 Å². The first-order chi connectivity index (χ1) is 11.0. The summed E-state index contributed by atoms with van der Waals surface area (Å²) in [5.41, 5.74) is 5.25. The van der Waals surface area contributed by atoms with Crippen molar-refractivity contribution in [2.24, 2.45) is 11.1 Å². The van der Waals surface area contributed by atoms with Crippen LogP contribution in [0.15, 0.2) is 35.2 Å². The summed E-state index contributed by atoms with van der Waals surface area (Å²) in [6.45, 7) is 1.42. The van der Waals surface area contributed by atoms with E-state index in [4.69, 9.17) is 10.5 Å². The summed E-state index contributed by atoms with van der Waals surface area (Å²) >= 11 is 0. The molecular weight excluding hydrogens is 316 g/mol. The second-order valence-electron chi connectivity index (χ2n) is 6.31. The molecule has 0 aromatic heterocycles. The third-order valence-corrected chi connectivity index (χ3v) is 6.91. The van der Waals surface area contributed by atoms with E-state index in [1.54, 1.807) is 30.3 Å². The van der Waals surface area contributed by atoms with Gasteiger partial charge in [-0.05, 0) is 37.8 Å². The third kappa shape index (κ3) is 2.88. The number of hydrogen-bond donors (Lipinski definition) is 1. The van der Waals surface area contributed by atoms with E-state index < -0.39 is 27.4 Å². The van der Waals surface area contributed by atoms with Crippen molar-refractivity contribution in [1.29, 1.82) is 0 Å². The average Bonchev–Trinajstić information content (AvgIpc) is 2.56. The highest BCUT2D eigenvalue weighted by Gasteiger charge is 2.52. The molecule has 0 radical (unpaired) electrons. The fraction of sp³-hybridized carbons (Fsp3) is 0.562. The van der Waals surface area contributed by atoms with Gasteiger partial charge in [0.2, 0.25) is 15.9 Å². The van der Waals surface area contributed by atoms with Crippen LogP contribution in [0.1, 0.15) is 25.7 Å². The van der Waals surface area contributed by atoms with E-state index in [0.29, 0.717) is 32.6 Å². The molecule has 2 aliphatic heterocycles. The Labute approximate surface area is 136 Å². The first-order valence-electron chi connectivity index (χ1n) is 7.91. The van der Waals surface area contributed by atoms with Gasteiger partial charge in [0, 0.05) is 25.2 Å². The number of nitrogens with zero attached hydrogens (tertiary/aromatic N) is 1. The highest BCUT2D eigenvalue weighted by molar-refractivity contribution is 7.89. The molecule has 23 heavy (non-hydrogen) atoms. The Bertz CT molecular complexity index is 663. The standard InChI is InChI=1S/C16H22N2O4S/c17-15(19)14-16(8-11-22-12-9-16)7-4-10-18(14)23(20,21)13-5-2-1-3-6-13/h1-3,5-6,14H,4,7-12H2,(H2,17,19). The Kier molecular flexibility index (Phi) is 4.44.